The Balaban J connectivity index is 1.59. The summed E-state index contributed by atoms with van der Waals surface area (Å²) in [4.78, 5) is 12.2. The van der Waals surface area contributed by atoms with E-state index >= 15 is 0 Å². The van der Waals surface area contributed by atoms with Gasteiger partial charge in [0.1, 0.15) is 11.5 Å². The van der Waals surface area contributed by atoms with Crippen LogP contribution in [0.5, 0.6) is 11.5 Å². The summed E-state index contributed by atoms with van der Waals surface area (Å²) < 4.78 is 38.7. The Morgan fingerprint density at radius 2 is 1.59 bits per heavy atom. The largest absolute Gasteiger partial charge is 0.494 e. The number of anilines is 2. The molecular formula is C25H27ClN2O5S. The smallest absolute Gasteiger partial charge is 0.262 e. The lowest BCUT2D eigenvalue weighted by Gasteiger charge is -2.12. The van der Waals surface area contributed by atoms with Gasteiger partial charge in [-0.2, -0.15) is 0 Å². The van der Waals surface area contributed by atoms with Gasteiger partial charge in [-0.25, -0.2) is 8.42 Å². The molecule has 0 aliphatic rings. The van der Waals surface area contributed by atoms with E-state index in [1.807, 2.05) is 31.2 Å². The SMILES string of the molecule is CCOc1ccc(NS(=O)(=O)c2ccc(OCC(=O)Nc3ccc(C(C)C)cc3)c(Cl)c2)cc1. The molecule has 0 fully saturated rings. The van der Waals surface area contributed by atoms with Crippen molar-refractivity contribution in [3.05, 3.63) is 77.3 Å². The van der Waals surface area contributed by atoms with Gasteiger partial charge in [-0.1, -0.05) is 37.6 Å². The molecule has 0 saturated heterocycles. The Bertz CT molecular complexity index is 1230. The molecule has 0 bridgehead atoms. The third kappa shape index (κ3) is 6.88. The Hall–Kier alpha value is -3.23. The third-order valence-electron chi connectivity index (χ3n) is 4.85. The summed E-state index contributed by atoms with van der Waals surface area (Å²) in [5.41, 5.74) is 2.22. The zero-order chi connectivity index (χ0) is 24.7. The summed E-state index contributed by atoms with van der Waals surface area (Å²) in [6.07, 6.45) is 0. The topological polar surface area (TPSA) is 93.7 Å². The van der Waals surface area contributed by atoms with Crippen molar-refractivity contribution in [1.82, 2.24) is 0 Å². The molecule has 0 atom stereocenters. The summed E-state index contributed by atoms with van der Waals surface area (Å²) in [6.45, 7) is 6.30. The molecule has 0 saturated carbocycles. The zero-order valence-electron chi connectivity index (χ0n) is 19.2. The molecule has 1 amide bonds. The molecule has 34 heavy (non-hydrogen) atoms. The average molecular weight is 503 g/mol. The van der Waals surface area contributed by atoms with Gasteiger partial charge in [0.05, 0.1) is 16.5 Å². The highest BCUT2D eigenvalue weighted by atomic mass is 35.5. The maximum Gasteiger partial charge on any atom is 0.262 e. The number of sulfonamides is 1. The highest BCUT2D eigenvalue weighted by Crippen LogP contribution is 2.29. The van der Waals surface area contributed by atoms with Crippen LogP contribution in [0, 0.1) is 0 Å². The second-order valence-electron chi connectivity index (χ2n) is 7.77. The van der Waals surface area contributed by atoms with Gasteiger partial charge in [-0.15, -0.1) is 0 Å². The maximum absolute atomic E-state index is 12.7. The van der Waals surface area contributed by atoms with Crippen LogP contribution < -0.4 is 19.5 Å². The number of halogens is 1. The molecule has 9 heteroatoms. The molecule has 7 nitrogen and oxygen atoms in total. The Morgan fingerprint density at radius 3 is 2.18 bits per heavy atom. The van der Waals surface area contributed by atoms with E-state index in [4.69, 9.17) is 21.1 Å². The number of ether oxygens (including phenoxy) is 2. The minimum atomic E-state index is -3.87. The molecule has 0 aromatic heterocycles. The number of hydrogen-bond donors (Lipinski definition) is 2. The van der Waals surface area contributed by atoms with E-state index < -0.39 is 10.0 Å². The van der Waals surface area contributed by atoms with Crippen molar-refractivity contribution in [2.75, 3.05) is 23.3 Å². The van der Waals surface area contributed by atoms with Gasteiger partial charge >= 0.3 is 0 Å². The lowest BCUT2D eigenvalue weighted by molar-refractivity contribution is -0.118. The number of carbonyl (C=O) groups is 1. The van der Waals surface area contributed by atoms with E-state index in [1.54, 1.807) is 24.3 Å². The fourth-order valence-corrected chi connectivity index (χ4v) is 4.44. The van der Waals surface area contributed by atoms with Gasteiger partial charge in [-0.05, 0) is 73.0 Å². The van der Waals surface area contributed by atoms with Gasteiger partial charge < -0.3 is 14.8 Å². The summed E-state index contributed by atoms with van der Waals surface area (Å²) >= 11 is 6.22. The molecule has 3 aromatic carbocycles. The Morgan fingerprint density at radius 1 is 0.941 bits per heavy atom. The normalized spacial score (nSPS) is 11.2. The molecule has 0 radical (unpaired) electrons. The fourth-order valence-electron chi connectivity index (χ4n) is 3.06. The molecule has 0 unspecified atom stereocenters. The first kappa shape index (κ1) is 25.4. The van der Waals surface area contributed by atoms with Gasteiger partial charge in [0.2, 0.25) is 0 Å². The van der Waals surface area contributed by atoms with Crippen molar-refractivity contribution < 1.29 is 22.7 Å². The second-order valence-corrected chi connectivity index (χ2v) is 9.86. The van der Waals surface area contributed by atoms with Crippen LogP contribution in [0.4, 0.5) is 11.4 Å². The number of hydrogen-bond acceptors (Lipinski definition) is 5. The fraction of sp³-hybridized carbons (Fsp3) is 0.240. The number of benzene rings is 3. The first-order valence-electron chi connectivity index (χ1n) is 10.8. The van der Waals surface area contributed by atoms with E-state index in [9.17, 15) is 13.2 Å². The van der Waals surface area contributed by atoms with Crippen LogP contribution in [-0.2, 0) is 14.8 Å². The number of nitrogens with one attached hydrogen (secondary N) is 2. The second kappa shape index (κ2) is 11.3. The van der Waals surface area contributed by atoms with Crippen molar-refractivity contribution in [1.29, 1.82) is 0 Å². The number of amides is 1. The molecule has 0 aliphatic heterocycles. The first-order valence-corrected chi connectivity index (χ1v) is 12.6. The van der Waals surface area contributed by atoms with Gasteiger partial charge in [0, 0.05) is 11.4 Å². The van der Waals surface area contributed by atoms with Crippen LogP contribution in [0.3, 0.4) is 0 Å². The van der Waals surface area contributed by atoms with Gasteiger partial charge in [-0.3, -0.25) is 9.52 Å². The van der Waals surface area contributed by atoms with Crippen LogP contribution in [0.25, 0.3) is 0 Å². The lowest BCUT2D eigenvalue weighted by atomic mass is 10.0. The quantitative estimate of drug-likeness (QED) is 0.372. The van der Waals surface area contributed by atoms with E-state index in [0.29, 0.717) is 29.6 Å². The van der Waals surface area contributed by atoms with Crippen LogP contribution in [-0.4, -0.2) is 27.5 Å². The van der Waals surface area contributed by atoms with E-state index in [-0.39, 0.29) is 28.2 Å². The predicted molar refractivity (Wildman–Crippen MR) is 135 cm³/mol. The van der Waals surface area contributed by atoms with Crippen LogP contribution in [0.15, 0.2) is 71.6 Å². The molecule has 0 heterocycles. The molecule has 0 aliphatic carbocycles. The summed E-state index contributed by atoms with van der Waals surface area (Å²) in [5.74, 6) is 0.888. The van der Waals surface area contributed by atoms with E-state index in [2.05, 4.69) is 23.9 Å². The summed E-state index contributed by atoms with van der Waals surface area (Å²) in [7, 11) is -3.87. The molecule has 180 valence electrons. The summed E-state index contributed by atoms with van der Waals surface area (Å²) in [5, 5.41) is 2.82. The number of rotatable bonds is 10. The number of carbonyl (C=O) groups excluding carboxylic acids is 1. The molecule has 2 N–H and O–H groups in total. The molecule has 3 rings (SSSR count). The van der Waals surface area contributed by atoms with Crippen LogP contribution in [0.1, 0.15) is 32.3 Å². The minimum Gasteiger partial charge on any atom is -0.494 e. The van der Waals surface area contributed by atoms with Gasteiger partial charge in [0.25, 0.3) is 15.9 Å². The highest BCUT2D eigenvalue weighted by molar-refractivity contribution is 7.92. The zero-order valence-corrected chi connectivity index (χ0v) is 20.7. The van der Waals surface area contributed by atoms with E-state index in [0.717, 1.165) is 0 Å². The van der Waals surface area contributed by atoms with Crippen molar-refractivity contribution in [3.63, 3.8) is 0 Å². The summed E-state index contributed by atoms with van der Waals surface area (Å²) in [6, 6.07) is 18.2. The monoisotopic (exact) mass is 502 g/mol. The standard InChI is InChI=1S/C25H27ClN2O5S/c1-4-32-21-11-9-20(10-12-21)28-34(30,31)22-13-14-24(23(26)15-22)33-16-25(29)27-19-7-5-18(6-8-19)17(2)3/h5-15,17,28H,4,16H2,1-3H3,(H,27,29). The lowest BCUT2D eigenvalue weighted by Crippen LogP contribution is -2.20. The molecular weight excluding hydrogens is 476 g/mol. The third-order valence-corrected chi connectivity index (χ3v) is 6.53. The average Bonchev–Trinajstić information content (AvgIpc) is 2.80. The Kier molecular flexibility index (Phi) is 8.41. The van der Waals surface area contributed by atoms with Crippen LogP contribution in [0.2, 0.25) is 5.02 Å². The minimum absolute atomic E-state index is 0.0339. The van der Waals surface area contributed by atoms with Crippen molar-refractivity contribution in [2.45, 2.75) is 31.6 Å². The molecule has 0 spiro atoms. The maximum atomic E-state index is 12.7. The van der Waals surface area contributed by atoms with Gasteiger partial charge in [0.15, 0.2) is 6.61 Å². The highest BCUT2D eigenvalue weighted by Gasteiger charge is 2.17. The van der Waals surface area contributed by atoms with Crippen molar-refractivity contribution in [3.8, 4) is 11.5 Å². The van der Waals surface area contributed by atoms with E-state index in [1.165, 1.54) is 23.8 Å². The van der Waals surface area contributed by atoms with Crippen molar-refractivity contribution >= 4 is 38.9 Å². The molecule has 3 aromatic rings. The predicted octanol–water partition coefficient (Wildman–Crippen LogP) is 5.68. The van der Waals surface area contributed by atoms with Crippen LogP contribution >= 0.6 is 11.6 Å². The first-order chi connectivity index (χ1) is 16.2. The van der Waals surface area contributed by atoms with Crippen molar-refractivity contribution in [2.24, 2.45) is 0 Å². The Labute approximate surface area is 205 Å².